The summed E-state index contributed by atoms with van der Waals surface area (Å²) in [5.41, 5.74) is 5.24. The molecule has 0 bridgehead atoms. The van der Waals surface area contributed by atoms with Crippen LogP contribution in [0.4, 0.5) is 0 Å². The summed E-state index contributed by atoms with van der Waals surface area (Å²) in [6.07, 6.45) is 4.02. The van der Waals surface area contributed by atoms with Crippen molar-refractivity contribution in [3.63, 3.8) is 0 Å². The van der Waals surface area contributed by atoms with E-state index in [1.165, 1.54) is 0 Å². The van der Waals surface area contributed by atoms with Crippen molar-refractivity contribution < 1.29 is 37.6 Å². The van der Waals surface area contributed by atoms with Crippen molar-refractivity contribution in [1.29, 1.82) is 0 Å². The maximum absolute atomic E-state index is 6.50. The predicted octanol–water partition coefficient (Wildman–Crippen LogP) is 8.00. The first-order valence-electron chi connectivity index (χ1n) is 13.5. The second kappa shape index (κ2) is 12.7. The molecule has 0 aliphatic rings. The maximum atomic E-state index is 6.50. The van der Waals surface area contributed by atoms with Crippen LogP contribution in [0.15, 0.2) is 71.1 Å². The SMILES string of the molecule is COc1ccc(-c2oc3ccc(/C=C/c4cc(OC)c(OC)c(OC)c4)cc3c2-c2cc(OC)c(OC)c(OC)c2)cc1. The number of hydrogen-bond donors (Lipinski definition) is 0. The van der Waals surface area contributed by atoms with Crippen molar-refractivity contribution in [2.24, 2.45) is 0 Å². The Labute approximate surface area is 250 Å². The van der Waals surface area contributed by atoms with E-state index in [1.54, 1.807) is 49.8 Å². The summed E-state index contributed by atoms with van der Waals surface area (Å²) in [4.78, 5) is 0. The monoisotopic (exact) mass is 582 g/mol. The third-order valence-electron chi connectivity index (χ3n) is 7.17. The topological polar surface area (TPSA) is 77.8 Å². The Kier molecular flexibility index (Phi) is 8.66. The lowest BCUT2D eigenvalue weighted by Gasteiger charge is -2.14. The van der Waals surface area contributed by atoms with Gasteiger partial charge in [-0.3, -0.25) is 0 Å². The van der Waals surface area contributed by atoms with E-state index in [9.17, 15) is 0 Å². The van der Waals surface area contributed by atoms with Crippen LogP contribution in [-0.2, 0) is 0 Å². The van der Waals surface area contributed by atoms with E-state index in [4.69, 9.17) is 37.6 Å². The molecule has 0 aliphatic heterocycles. The molecular weight excluding hydrogens is 548 g/mol. The van der Waals surface area contributed by atoms with Crippen molar-refractivity contribution in [3.8, 4) is 62.7 Å². The van der Waals surface area contributed by atoms with Gasteiger partial charge in [-0.1, -0.05) is 18.2 Å². The zero-order valence-corrected chi connectivity index (χ0v) is 25.3. The molecule has 0 amide bonds. The lowest BCUT2D eigenvalue weighted by Crippen LogP contribution is -1.96. The molecule has 1 heterocycles. The van der Waals surface area contributed by atoms with Crippen LogP contribution in [-0.4, -0.2) is 49.8 Å². The lowest BCUT2D eigenvalue weighted by atomic mass is 9.96. The van der Waals surface area contributed by atoms with Gasteiger partial charge in [-0.25, -0.2) is 0 Å². The zero-order chi connectivity index (χ0) is 30.5. The molecule has 222 valence electrons. The van der Waals surface area contributed by atoms with Crippen molar-refractivity contribution in [2.75, 3.05) is 49.8 Å². The highest BCUT2D eigenvalue weighted by Gasteiger charge is 2.22. The van der Waals surface area contributed by atoms with Gasteiger partial charge in [0.2, 0.25) is 11.5 Å². The highest BCUT2D eigenvalue weighted by atomic mass is 16.5. The van der Waals surface area contributed by atoms with Gasteiger partial charge in [0.1, 0.15) is 17.1 Å². The molecule has 0 fully saturated rings. The quantitative estimate of drug-likeness (QED) is 0.145. The Balaban J connectivity index is 1.68. The first-order chi connectivity index (χ1) is 21.0. The van der Waals surface area contributed by atoms with Crippen LogP contribution >= 0.6 is 0 Å². The average molecular weight is 583 g/mol. The summed E-state index contributed by atoms with van der Waals surface area (Å²) in [6.45, 7) is 0. The van der Waals surface area contributed by atoms with Crippen LogP contribution in [0.3, 0.4) is 0 Å². The van der Waals surface area contributed by atoms with E-state index in [0.717, 1.165) is 44.5 Å². The molecule has 5 rings (SSSR count). The predicted molar refractivity (Wildman–Crippen MR) is 168 cm³/mol. The summed E-state index contributed by atoms with van der Waals surface area (Å²) in [5, 5.41) is 0.923. The fourth-order valence-corrected chi connectivity index (χ4v) is 5.07. The van der Waals surface area contributed by atoms with Gasteiger partial charge in [0.15, 0.2) is 23.0 Å². The van der Waals surface area contributed by atoms with Gasteiger partial charge >= 0.3 is 0 Å². The number of methoxy groups -OCH3 is 7. The molecule has 0 saturated carbocycles. The van der Waals surface area contributed by atoms with Crippen LogP contribution in [0, 0.1) is 0 Å². The number of furan rings is 1. The normalized spacial score (nSPS) is 11.0. The Bertz CT molecular complexity index is 1720. The highest BCUT2D eigenvalue weighted by molar-refractivity contribution is 6.03. The summed E-state index contributed by atoms with van der Waals surface area (Å²) < 4.78 is 45.3. The molecule has 8 nitrogen and oxygen atoms in total. The lowest BCUT2D eigenvalue weighted by molar-refractivity contribution is 0.324. The average Bonchev–Trinajstić information content (AvgIpc) is 3.44. The van der Waals surface area contributed by atoms with E-state index in [0.29, 0.717) is 40.3 Å². The van der Waals surface area contributed by atoms with E-state index in [-0.39, 0.29) is 0 Å². The molecule has 0 saturated heterocycles. The first kappa shape index (κ1) is 29.3. The summed E-state index contributed by atoms with van der Waals surface area (Å²) in [5.74, 6) is 4.78. The van der Waals surface area contributed by atoms with Crippen LogP contribution < -0.4 is 33.2 Å². The summed E-state index contributed by atoms with van der Waals surface area (Å²) >= 11 is 0. The molecule has 0 atom stereocenters. The van der Waals surface area contributed by atoms with Gasteiger partial charge in [-0.15, -0.1) is 0 Å². The number of hydrogen-bond acceptors (Lipinski definition) is 8. The Morgan fingerprint density at radius 3 is 1.53 bits per heavy atom. The molecule has 0 N–H and O–H groups in total. The van der Waals surface area contributed by atoms with E-state index >= 15 is 0 Å². The molecule has 0 radical (unpaired) electrons. The Hall–Kier alpha value is -5.24. The van der Waals surface area contributed by atoms with Crippen LogP contribution in [0.2, 0.25) is 0 Å². The van der Waals surface area contributed by atoms with Crippen LogP contribution in [0.5, 0.6) is 40.2 Å². The van der Waals surface area contributed by atoms with Crippen molar-refractivity contribution in [1.82, 2.24) is 0 Å². The minimum atomic E-state index is 0.515. The molecule has 4 aromatic carbocycles. The third kappa shape index (κ3) is 5.64. The van der Waals surface area contributed by atoms with Crippen LogP contribution in [0.25, 0.3) is 45.6 Å². The molecule has 0 spiro atoms. The van der Waals surface area contributed by atoms with Gasteiger partial charge in [0.05, 0.1) is 49.8 Å². The van der Waals surface area contributed by atoms with Gasteiger partial charge in [0.25, 0.3) is 0 Å². The number of rotatable bonds is 11. The Morgan fingerprint density at radius 1 is 0.488 bits per heavy atom. The van der Waals surface area contributed by atoms with Crippen molar-refractivity contribution in [2.45, 2.75) is 0 Å². The zero-order valence-electron chi connectivity index (χ0n) is 25.3. The third-order valence-corrected chi connectivity index (χ3v) is 7.17. The van der Waals surface area contributed by atoms with E-state index in [1.807, 2.05) is 72.8 Å². The van der Waals surface area contributed by atoms with Gasteiger partial charge < -0.3 is 37.6 Å². The Morgan fingerprint density at radius 2 is 1.02 bits per heavy atom. The van der Waals surface area contributed by atoms with Crippen molar-refractivity contribution in [3.05, 3.63) is 77.9 Å². The van der Waals surface area contributed by atoms with Gasteiger partial charge in [-0.05, 0) is 77.4 Å². The molecule has 1 aromatic heterocycles. The van der Waals surface area contributed by atoms with E-state index < -0.39 is 0 Å². The minimum Gasteiger partial charge on any atom is -0.497 e. The molecule has 8 heteroatoms. The number of fused-ring (bicyclic) bond motifs is 1. The second-order valence-electron chi connectivity index (χ2n) is 9.50. The fraction of sp³-hybridized carbons (Fsp3) is 0.200. The fourth-order valence-electron chi connectivity index (χ4n) is 5.07. The molecule has 0 unspecified atom stereocenters. The highest BCUT2D eigenvalue weighted by Crippen LogP contribution is 2.47. The molecule has 0 aliphatic carbocycles. The summed E-state index contributed by atoms with van der Waals surface area (Å²) in [6, 6.07) is 21.5. The van der Waals surface area contributed by atoms with Crippen LogP contribution in [0.1, 0.15) is 11.1 Å². The largest absolute Gasteiger partial charge is 0.497 e. The van der Waals surface area contributed by atoms with Crippen molar-refractivity contribution >= 4 is 23.1 Å². The smallest absolute Gasteiger partial charge is 0.203 e. The second-order valence-corrected chi connectivity index (χ2v) is 9.50. The minimum absolute atomic E-state index is 0.515. The maximum Gasteiger partial charge on any atom is 0.203 e. The molecule has 43 heavy (non-hydrogen) atoms. The van der Waals surface area contributed by atoms with Gasteiger partial charge in [-0.2, -0.15) is 0 Å². The first-order valence-corrected chi connectivity index (χ1v) is 13.5. The standard InChI is InChI=1S/C35H34O8/c1-36-25-13-11-23(12-14-25)33-32(24-19-30(39-4)35(42-7)31(20-24)40-5)26-16-21(10-15-27(26)43-33)8-9-22-17-28(37-2)34(41-6)29(18-22)38-3/h8-20H,1-7H3/b9-8+. The van der Waals surface area contributed by atoms with Gasteiger partial charge in [0, 0.05) is 16.5 Å². The molecular formula is C35H34O8. The molecule has 5 aromatic rings. The number of benzene rings is 4. The summed E-state index contributed by atoms with van der Waals surface area (Å²) in [7, 11) is 11.2. The van der Waals surface area contributed by atoms with E-state index in [2.05, 4.69) is 6.07 Å². The number of ether oxygens (including phenoxy) is 7.